The molecule has 17 heavy (non-hydrogen) atoms. The number of hydrogen-bond donors (Lipinski definition) is 1. The second-order valence-electron chi connectivity index (χ2n) is 5.75. The van der Waals surface area contributed by atoms with E-state index in [2.05, 4.69) is 12.2 Å². The predicted octanol–water partition coefficient (Wildman–Crippen LogP) is 2.07. The van der Waals surface area contributed by atoms with Crippen LogP contribution in [0.4, 0.5) is 0 Å². The zero-order valence-corrected chi connectivity index (χ0v) is 11.3. The fraction of sp³-hybridized carbons (Fsp3) is 1.00. The van der Waals surface area contributed by atoms with Gasteiger partial charge in [-0.2, -0.15) is 0 Å². The molecule has 2 bridgehead atoms. The summed E-state index contributed by atoms with van der Waals surface area (Å²) in [6, 6.07) is 0. The van der Waals surface area contributed by atoms with Gasteiger partial charge in [0.15, 0.2) is 0 Å². The Balaban J connectivity index is 1.84. The third-order valence-corrected chi connectivity index (χ3v) is 4.66. The summed E-state index contributed by atoms with van der Waals surface area (Å²) in [6.07, 6.45) is 5.69. The fourth-order valence-corrected chi connectivity index (χ4v) is 3.82. The third-order valence-electron chi connectivity index (χ3n) is 4.66. The molecule has 0 radical (unpaired) electrons. The first-order chi connectivity index (χ1) is 8.30. The van der Waals surface area contributed by atoms with E-state index < -0.39 is 0 Å². The van der Waals surface area contributed by atoms with E-state index in [4.69, 9.17) is 9.47 Å². The van der Waals surface area contributed by atoms with Gasteiger partial charge in [0, 0.05) is 32.2 Å². The monoisotopic (exact) mass is 241 g/mol. The van der Waals surface area contributed by atoms with Gasteiger partial charge >= 0.3 is 0 Å². The molecule has 0 aromatic carbocycles. The van der Waals surface area contributed by atoms with Crippen molar-refractivity contribution in [1.82, 2.24) is 5.32 Å². The topological polar surface area (TPSA) is 30.5 Å². The predicted molar refractivity (Wildman–Crippen MR) is 69.1 cm³/mol. The number of fused-ring (bicyclic) bond motifs is 2. The summed E-state index contributed by atoms with van der Waals surface area (Å²) in [7, 11) is 1.76. The molecular formula is C14H27NO2. The lowest BCUT2D eigenvalue weighted by Crippen LogP contribution is -2.43. The van der Waals surface area contributed by atoms with E-state index in [0.29, 0.717) is 5.41 Å². The molecule has 1 N–H and O–H groups in total. The van der Waals surface area contributed by atoms with Crippen molar-refractivity contribution in [2.45, 2.75) is 32.6 Å². The van der Waals surface area contributed by atoms with Gasteiger partial charge < -0.3 is 14.8 Å². The summed E-state index contributed by atoms with van der Waals surface area (Å²) in [4.78, 5) is 0. The molecule has 0 aromatic heterocycles. The van der Waals surface area contributed by atoms with Crippen molar-refractivity contribution in [3.8, 4) is 0 Å². The lowest BCUT2D eigenvalue weighted by Gasteiger charge is -2.37. The molecule has 2 aliphatic carbocycles. The minimum atomic E-state index is 0.423. The SMILES string of the molecule is CCOCC1(CNCCOC)CC2CCC1C2. The van der Waals surface area contributed by atoms with E-state index in [1.54, 1.807) is 7.11 Å². The van der Waals surface area contributed by atoms with Crippen LogP contribution in [-0.2, 0) is 9.47 Å². The van der Waals surface area contributed by atoms with Gasteiger partial charge in [0.1, 0.15) is 0 Å². The Labute approximate surface area is 105 Å². The number of methoxy groups -OCH3 is 1. The Bertz CT molecular complexity index is 234. The normalized spacial score (nSPS) is 35.6. The maximum absolute atomic E-state index is 5.76. The molecule has 2 saturated carbocycles. The van der Waals surface area contributed by atoms with Gasteiger partial charge in [-0.25, -0.2) is 0 Å². The lowest BCUT2D eigenvalue weighted by molar-refractivity contribution is 0.0131. The fourth-order valence-electron chi connectivity index (χ4n) is 3.82. The van der Waals surface area contributed by atoms with Gasteiger partial charge in [-0.1, -0.05) is 6.42 Å². The lowest BCUT2D eigenvalue weighted by atomic mass is 9.73. The average molecular weight is 241 g/mol. The van der Waals surface area contributed by atoms with Gasteiger partial charge in [-0.15, -0.1) is 0 Å². The Morgan fingerprint density at radius 3 is 2.82 bits per heavy atom. The van der Waals surface area contributed by atoms with E-state index in [0.717, 1.165) is 44.7 Å². The summed E-state index contributed by atoms with van der Waals surface area (Å²) in [5.41, 5.74) is 0.423. The Morgan fingerprint density at radius 2 is 2.24 bits per heavy atom. The second-order valence-corrected chi connectivity index (χ2v) is 5.75. The van der Waals surface area contributed by atoms with Crippen LogP contribution in [0.15, 0.2) is 0 Å². The van der Waals surface area contributed by atoms with E-state index in [9.17, 15) is 0 Å². The van der Waals surface area contributed by atoms with Crippen LogP contribution in [0.1, 0.15) is 32.6 Å². The van der Waals surface area contributed by atoms with Crippen molar-refractivity contribution < 1.29 is 9.47 Å². The van der Waals surface area contributed by atoms with Gasteiger partial charge in [-0.05, 0) is 38.0 Å². The summed E-state index contributed by atoms with van der Waals surface area (Å²) < 4.78 is 10.8. The Kier molecular flexibility index (Phi) is 4.83. The molecule has 2 aliphatic rings. The molecule has 3 atom stereocenters. The first-order valence-corrected chi connectivity index (χ1v) is 7.08. The van der Waals surface area contributed by atoms with E-state index in [1.165, 1.54) is 25.7 Å². The van der Waals surface area contributed by atoms with Crippen LogP contribution in [0.3, 0.4) is 0 Å². The molecule has 0 aliphatic heterocycles. The number of rotatable bonds is 8. The van der Waals surface area contributed by atoms with Gasteiger partial charge in [-0.3, -0.25) is 0 Å². The van der Waals surface area contributed by atoms with Gasteiger partial charge in [0.05, 0.1) is 13.2 Å². The molecule has 3 nitrogen and oxygen atoms in total. The molecule has 0 heterocycles. The Morgan fingerprint density at radius 1 is 1.35 bits per heavy atom. The largest absolute Gasteiger partial charge is 0.383 e. The number of nitrogens with one attached hydrogen (secondary N) is 1. The maximum Gasteiger partial charge on any atom is 0.0587 e. The first kappa shape index (κ1) is 13.3. The zero-order chi connectivity index (χ0) is 12.1. The van der Waals surface area contributed by atoms with E-state index in [1.807, 2.05) is 0 Å². The Hall–Kier alpha value is -0.120. The molecule has 0 aromatic rings. The van der Waals surface area contributed by atoms with Crippen molar-refractivity contribution >= 4 is 0 Å². The first-order valence-electron chi connectivity index (χ1n) is 7.08. The highest BCUT2D eigenvalue weighted by Crippen LogP contribution is 2.55. The highest BCUT2D eigenvalue weighted by Gasteiger charge is 2.50. The van der Waals surface area contributed by atoms with Crippen molar-refractivity contribution in [3.63, 3.8) is 0 Å². The molecule has 3 unspecified atom stereocenters. The van der Waals surface area contributed by atoms with Crippen molar-refractivity contribution in [2.75, 3.05) is 40.0 Å². The molecule has 0 saturated heterocycles. The summed E-state index contributed by atoms with van der Waals surface area (Å²) in [5, 5.41) is 3.56. The number of ether oxygens (including phenoxy) is 2. The van der Waals surface area contributed by atoms with Gasteiger partial charge in [0.2, 0.25) is 0 Å². The molecular weight excluding hydrogens is 214 g/mol. The summed E-state index contributed by atoms with van der Waals surface area (Å²) in [6.45, 7) is 6.76. The standard InChI is InChI=1S/C14H27NO2/c1-3-17-11-14(10-15-6-7-16-2)9-12-4-5-13(14)8-12/h12-13,15H,3-11H2,1-2H3. The van der Waals surface area contributed by atoms with Gasteiger partial charge in [0.25, 0.3) is 0 Å². The van der Waals surface area contributed by atoms with E-state index >= 15 is 0 Å². The van der Waals surface area contributed by atoms with Crippen LogP contribution in [-0.4, -0.2) is 40.0 Å². The minimum absolute atomic E-state index is 0.423. The van der Waals surface area contributed by atoms with Crippen molar-refractivity contribution in [2.24, 2.45) is 17.3 Å². The quantitative estimate of drug-likeness (QED) is 0.660. The molecule has 100 valence electrons. The minimum Gasteiger partial charge on any atom is -0.383 e. The van der Waals surface area contributed by atoms with Crippen LogP contribution in [0.5, 0.6) is 0 Å². The zero-order valence-electron chi connectivity index (χ0n) is 11.3. The molecule has 2 rings (SSSR count). The smallest absolute Gasteiger partial charge is 0.0587 e. The van der Waals surface area contributed by atoms with Crippen molar-refractivity contribution in [3.05, 3.63) is 0 Å². The highest BCUT2D eigenvalue weighted by atomic mass is 16.5. The maximum atomic E-state index is 5.76. The van der Waals surface area contributed by atoms with Crippen LogP contribution in [0.2, 0.25) is 0 Å². The van der Waals surface area contributed by atoms with Crippen LogP contribution in [0, 0.1) is 17.3 Å². The molecule has 3 heteroatoms. The molecule has 0 amide bonds. The summed E-state index contributed by atoms with van der Waals surface area (Å²) >= 11 is 0. The number of hydrogen-bond acceptors (Lipinski definition) is 3. The average Bonchev–Trinajstić information content (AvgIpc) is 2.93. The summed E-state index contributed by atoms with van der Waals surface area (Å²) in [5.74, 6) is 1.87. The van der Waals surface area contributed by atoms with Crippen LogP contribution in [0.25, 0.3) is 0 Å². The second kappa shape index (κ2) is 6.17. The molecule has 2 fully saturated rings. The van der Waals surface area contributed by atoms with Crippen molar-refractivity contribution in [1.29, 1.82) is 0 Å². The highest BCUT2D eigenvalue weighted by molar-refractivity contribution is 5.01. The van der Waals surface area contributed by atoms with Crippen LogP contribution >= 0.6 is 0 Å². The van der Waals surface area contributed by atoms with Crippen LogP contribution < -0.4 is 5.32 Å². The third kappa shape index (κ3) is 3.01. The molecule has 0 spiro atoms. The van der Waals surface area contributed by atoms with E-state index in [-0.39, 0.29) is 0 Å².